The molecule has 5 heteroatoms. The minimum atomic E-state index is -1.17. The summed E-state index contributed by atoms with van der Waals surface area (Å²) in [4.78, 5) is 30.9. The quantitative estimate of drug-likeness (QED) is 0.782. The van der Waals surface area contributed by atoms with Crippen molar-refractivity contribution in [2.24, 2.45) is 5.92 Å². The van der Waals surface area contributed by atoms with Gasteiger partial charge in [-0.15, -0.1) is 0 Å². The van der Waals surface area contributed by atoms with Crippen molar-refractivity contribution in [2.45, 2.75) is 50.1 Å². The van der Waals surface area contributed by atoms with Crippen molar-refractivity contribution in [3.8, 4) is 0 Å². The molecule has 1 aliphatic carbocycles. The number of rotatable bonds is 4. The van der Waals surface area contributed by atoms with Crippen LogP contribution in [-0.4, -0.2) is 41.0 Å². The predicted molar refractivity (Wildman–Crippen MR) is 116 cm³/mol. The maximum Gasteiger partial charge on any atom is 0.326 e. The summed E-state index contributed by atoms with van der Waals surface area (Å²) in [6, 6.07) is 19.4. The lowest BCUT2D eigenvalue weighted by Crippen LogP contribution is -2.53. The molecule has 2 aromatic rings. The molecule has 0 radical (unpaired) electrons. The molecule has 0 aromatic heterocycles. The van der Waals surface area contributed by atoms with Gasteiger partial charge in [-0.2, -0.15) is 0 Å². The molecule has 3 fully saturated rings. The summed E-state index contributed by atoms with van der Waals surface area (Å²) in [5.41, 5.74) is 0.430. The predicted octanol–water partition coefficient (Wildman–Crippen LogP) is 4.09. The Morgan fingerprint density at radius 1 is 0.833 bits per heavy atom. The Morgan fingerprint density at radius 2 is 1.43 bits per heavy atom. The van der Waals surface area contributed by atoms with Gasteiger partial charge >= 0.3 is 6.03 Å². The maximum absolute atomic E-state index is 13.9. The molecule has 2 heterocycles. The number of imide groups is 1. The molecule has 156 valence electrons. The largest absolute Gasteiger partial charge is 0.326 e. The lowest BCUT2D eigenvalue weighted by molar-refractivity contribution is -0.132. The van der Waals surface area contributed by atoms with E-state index in [1.54, 1.807) is 0 Å². The Bertz CT molecular complexity index is 873. The van der Waals surface area contributed by atoms with Crippen LogP contribution in [0.5, 0.6) is 0 Å². The second-order valence-corrected chi connectivity index (χ2v) is 8.85. The van der Waals surface area contributed by atoms with Gasteiger partial charge in [0, 0.05) is 12.6 Å². The molecule has 3 amide bonds. The van der Waals surface area contributed by atoms with Crippen LogP contribution in [0.3, 0.4) is 0 Å². The van der Waals surface area contributed by atoms with Crippen LogP contribution in [0.15, 0.2) is 60.7 Å². The van der Waals surface area contributed by atoms with Crippen molar-refractivity contribution in [1.82, 2.24) is 15.1 Å². The van der Waals surface area contributed by atoms with E-state index in [-0.39, 0.29) is 11.9 Å². The molecular weight excluding hydrogens is 374 g/mol. The zero-order valence-corrected chi connectivity index (χ0v) is 17.3. The first kappa shape index (κ1) is 19.3. The first-order valence-corrected chi connectivity index (χ1v) is 11.2. The fourth-order valence-electron chi connectivity index (χ4n) is 5.72. The van der Waals surface area contributed by atoms with Gasteiger partial charge in [0.25, 0.3) is 5.91 Å². The number of carbonyl (C=O) groups is 2. The van der Waals surface area contributed by atoms with Crippen LogP contribution in [0, 0.1) is 5.92 Å². The molecule has 0 spiro atoms. The van der Waals surface area contributed by atoms with Crippen LogP contribution in [-0.2, 0) is 10.3 Å². The van der Waals surface area contributed by atoms with Gasteiger partial charge in [-0.1, -0.05) is 73.5 Å². The van der Waals surface area contributed by atoms with Gasteiger partial charge in [0.1, 0.15) is 0 Å². The van der Waals surface area contributed by atoms with Gasteiger partial charge in [-0.3, -0.25) is 9.69 Å². The highest BCUT2D eigenvalue weighted by molar-refractivity contribution is 6.09. The number of hydrogen-bond donors (Lipinski definition) is 1. The van der Waals surface area contributed by atoms with Crippen LogP contribution >= 0.6 is 0 Å². The van der Waals surface area contributed by atoms with E-state index in [1.165, 1.54) is 37.0 Å². The standard InChI is InChI=1S/C25H29N3O2/c29-23-25(20-12-3-1-4-13-20,21-14-5-2-6-15-21)26-24(30)28(23)18-27-17-9-11-19-10-7-8-16-22(19)27/h1-6,12-15,19,22H,7-11,16-18H2,(H,26,30)/t19-,22+/m1/s1. The Hall–Kier alpha value is -2.66. The van der Waals surface area contributed by atoms with Gasteiger partial charge in [0.2, 0.25) is 0 Å². The van der Waals surface area contributed by atoms with E-state index < -0.39 is 5.54 Å². The Morgan fingerprint density at radius 3 is 2.10 bits per heavy atom. The van der Waals surface area contributed by atoms with Crippen LogP contribution in [0.4, 0.5) is 4.79 Å². The molecule has 2 aromatic carbocycles. The number of benzene rings is 2. The SMILES string of the molecule is O=C1NC(c2ccccc2)(c2ccccc2)C(=O)N1CN1CCC[C@H]2CCCC[C@@H]21. The molecule has 5 rings (SSSR count). The van der Waals surface area contributed by atoms with Gasteiger partial charge in [0.15, 0.2) is 5.54 Å². The second kappa shape index (κ2) is 7.88. The molecule has 3 aliphatic rings. The Kier molecular flexibility index (Phi) is 5.07. The van der Waals surface area contributed by atoms with Crippen LogP contribution in [0.2, 0.25) is 0 Å². The third-order valence-corrected chi connectivity index (χ3v) is 7.20. The van der Waals surface area contributed by atoms with E-state index in [1.807, 2.05) is 60.7 Å². The van der Waals surface area contributed by atoms with Crippen molar-refractivity contribution in [1.29, 1.82) is 0 Å². The van der Waals surface area contributed by atoms with E-state index >= 15 is 0 Å². The Labute approximate surface area is 178 Å². The number of urea groups is 1. The molecule has 30 heavy (non-hydrogen) atoms. The topological polar surface area (TPSA) is 52.7 Å². The third-order valence-electron chi connectivity index (χ3n) is 7.20. The number of amides is 3. The molecule has 0 bridgehead atoms. The normalized spacial score (nSPS) is 26.3. The van der Waals surface area contributed by atoms with E-state index in [2.05, 4.69) is 10.2 Å². The first-order valence-electron chi connectivity index (χ1n) is 11.2. The second-order valence-electron chi connectivity index (χ2n) is 8.85. The summed E-state index contributed by atoms with van der Waals surface area (Å²) in [5.74, 6) is 0.532. The van der Waals surface area contributed by atoms with Gasteiger partial charge in [0.05, 0.1) is 6.67 Å². The van der Waals surface area contributed by atoms with Crippen LogP contribution in [0.25, 0.3) is 0 Å². The maximum atomic E-state index is 13.9. The van der Waals surface area contributed by atoms with E-state index in [0.717, 1.165) is 24.1 Å². The van der Waals surface area contributed by atoms with Crippen molar-refractivity contribution >= 4 is 11.9 Å². The van der Waals surface area contributed by atoms with Crippen molar-refractivity contribution in [2.75, 3.05) is 13.2 Å². The van der Waals surface area contributed by atoms with E-state index in [4.69, 9.17) is 0 Å². The van der Waals surface area contributed by atoms with Crippen molar-refractivity contribution in [3.05, 3.63) is 71.8 Å². The van der Waals surface area contributed by atoms with Gasteiger partial charge < -0.3 is 5.32 Å². The molecule has 2 aliphatic heterocycles. The summed E-state index contributed by atoms with van der Waals surface area (Å²) < 4.78 is 0. The lowest BCUT2D eigenvalue weighted by atomic mass is 9.78. The molecule has 1 N–H and O–H groups in total. The van der Waals surface area contributed by atoms with Gasteiger partial charge in [-0.25, -0.2) is 9.69 Å². The monoisotopic (exact) mass is 403 g/mol. The van der Waals surface area contributed by atoms with E-state index in [0.29, 0.717) is 18.6 Å². The number of fused-ring (bicyclic) bond motifs is 1. The highest BCUT2D eigenvalue weighted by Gasteiger charge is 2.54. The van der Waals surface area contributed by atoms with Crippen LogP contribution < -0.4 is 5.32 Å². The molecular formula is C25H29N3O2. The summed E-state index contributed by atoms with van der Waals surface area (Å²) >= 11 is 0. The number of nitrogens with one attached hydrogen (secondary N) is 1. The number of nitrogens with zero attached hydrogens (tertiary/aromatic N) is 2. The summed E-state index contributed by atoms with van der Waals surface area (Å²) in [6.45, 7) is 1.34. The number of carbonyl (C=O) groups excluding carboxylic acids is 2. The van der Waals surface area contributed by atoms with Gasteiger partial charge in [-0.05, 0) is 42.7 Å². The smallest absolute Gasteiger partial charge is 0.315 e. The zero-order valence-electron chi connectivity index (χ0n) is 17.3. The highest BCUT2D eigenvalue weighted by Crippen LogP contribution is 2.38. The lowest BCUT2D eigenvalue weighted by Gasteiger charge is -2.45. The van der Waals surface area contributed by atoms with Crippen molar-refractivity contribution < 1.29 is 9.59 Å². The van der Waals surface area contributed by atoms with Crippen LogP contribution in [0.1, 0.15) is 49.7 Å². The first-order chi connectivity index (χ1) is 14.7. The molecule has 2 saturated heterocycles. The summed E-state index contributed by atoms with van der Waals surface area (Å²) in [5, 5.41) is 3.07. The molecule has 2 atom stereocenters. The Balaban J connectivity index is 1.48. The number of likely N-dealkylation sites (tertiary alicyclic amines) is 1. The van der Waals surface area contributed by atoms with E-state index in [9.17, 15) is 9.59 Å². The summed E-state index contributed by atoms with van der Waals surface area (Å²) in [7, 11) is 0. The molecule has 1 saturated carbocycles. The minimum Gasteiger partial charge on any atom is -0.315 e. The highest BCUT2D eigenvalue weighted by atomic mass is 16.2. The average Bonchev–Trinajstić information content (AvgIpc) is 3.06. The fraction of sp³-hybridized carbons (Fsp3) is 0.440. The van der Waals surface area contributed by atoms with Crippen molar-refractivity contribution in [3.63, 3.8) is 0 Å². The zero-order chi connectivity index (χ0) is 20.6. The number of hydrogen-bond acceptors (Lipinski definition) is 3. The molecule has 0 unspecified atom stereocenters. The minimum absolute atomic E-state index is 0.178. The average molecular weight is 404 g/mol. The fourth-order valence-corrected chi connectivity index (χ4v) is 5.72. The third kappa shape index (κ3) is 3.12. The number of piperidine rings is 1. The molecule has 5 nitrogen and oxygen atoms in total. The summed E-state index contributed by atoms with van der Waals surface area (Å²) in [6.07, 6.45) is 7.43.